The number of ether oxygens (including phenoxy) is 1. The van der Waals surface area contributed by atoms with Gasteiger partial charge in [-0.15, -0.1) is 0 Å². The zero-order valence-corrected chi connectivity index (χ0v) is 9.95. The zero-order valence-electron chi connectivity index (χ0n) is 9.95. The van der Waals surface area contributed by atoms with E-state index in [2.05, 4.69) is 41.2 Å². The van der Waals surface area contributed by atoms with E-state index in [1.54, 1.807) is 0 Å². The van der Waals surface area contributed by atoms with Crippen molar-refractivity contribution in [2.45, 2.75) is 19.8 Å². The van der Waals surface area contributed by atoms with Crippen LogP contribution in [0.5, 0.6) is 0 Å². The highest BCUT2D eigenvalue weighted by atomic mass is 16.5. The molecule has 0 heterocycles. The van der Waals surface area contributed by atoms with Gasteiger partial charge in [0.25, 0.3) is 0 Å². The van der Waals surface area contributed by atoms with Gasteiger partial charge in [-0.1, -0.05) is 29.8 Å². The van der Waals surface area contributed by atoms with E-state index in [1.807, 2.05) is 0 Å². The lowest BCUT2D eigenvalue weighted by molar-refractivity contribution is -0.140. The van der Waals surface area contributed by atoms with Gasteiger partial charge in [0.1, 0.15) is 0 Å². The van der Waals surface area contributed by atoms with Crippen molar-refractivity contribution in [3.8, 4) is 0 Å². The van der Waals surface area contributed by atoms with Gasteiger partial charge < -0.3 is 10.1 Å². The van der Waals surface area contributed by atoms with Crippen molar-refractivity contribution in [1.82, 2.24) is 5.32 Å². The number of hydrogen-bond donors (Lipinski definition) is 1. The number of carbonyl (C=O) groups is 1. The third-order valence-corrected chi connectivity index (χ3v) is 2.44. The van der Waals surface area contributed by atoms with E-state index >= 15 is 0 Å². The average Bonchev–Trinajstić information content (AvgIpc) is 2.31. The lowest BCUT2D eigenvalue weighted by Gasteiger charge is -2.04. The van der Waals surface area contributed by atoms with Gasteiger partial charge in [-0.2, -0.15) is 0 Å². The maximum atomic E-state index is 10.8. The van der Waals surface area contributed by atoms with E-state index < -0.39 is 0 Å². The second-order valence-electron chi connectivity index (χ2n) is 3.81. The number of carbonyl (C=O) groups excluding carboxylic acids is 1. The summed E-state index contributed by atoms with van der Waals surface area (Å²) >= 11 is 0. The molecule has 16 heavy (non-hydrogen) atoms. The van der Waals surface area contributed by atoms with Crippen LogP contribution in [0.3, 0.4) is 0 Å². The minimum Gasteiger partial charge on any atom is -0.469 e. The van der Waals surface area contributed by atoms with E-state index in [0.29, 0.717) is 13.0 Å². The van der Waals surface area contributed by atoms with Crippen LogP contribution >= 0.6 is 0 Å². The van der Waals surface area contributed by atoms with Crippen LogP contribution in [-0.2, 0) is 16.0 Å². The highest BCUT2D eigenvalue weighted by molar-refractivity contribution is 5.69. The number of hydrogen-bond acceptors (Lipinski definition) is 3. The van der Waals surface area contributed by atoms with Gasteiger partial charge in [-0.25, -0.2) is 0 Å². The molecule has 1 N–H and O–H groups in total. The molecule has 0 unspecified atom stereocenters. The van der Waals surface area contributed by atoms with Crippen LogP contribution in [-0.4, -0.2) is 26.2 Å². The lowest BCUT2D eigenvalue weighted by atomic mass is 10.1. The maximum Gasteiger partial charge on any atom is 0.306 e. The van der Waals surface area contributed by atoms with E-state index in [1.165, 1.54) is 18.2 Å². The molecule has 0 aromatic heterocycles. The van der Waals surface area contributed by atoms with Crippen molar-refractivity contribution < 1.29 is 9.53 Å². The molecule has 0 fully saturated rings. The van der Waals surface area contributed by atoms with Crippen molar-refractivity contribution in [2.24, 2.45) is 0 Å². The molecule has 0 amide bonds. The van der Waals surface area contributed by atoms with Gasteiger partial charge in [0.2, 0.25) is 0 Å². The Hall–Kier alpha value is -1.35. The molecule has 88 valence electrons. The van der Waals surface area contributed by atoms with Gasteiger partial charge in [-0.3, -0.25) is 4.79 Å². The van der Waals surface area contributed by atoms with E-state index in [4.69, 9.17) is 0 Å². The Morgan fingerprint density at radius 3 is 2.56 bits per heavy atom. The van der Waals surface area contributed by atoms with Crippen molar-refractivity contribution in [3.05, 3.63) is 35.4 Å². The molecular formula is C13H19NO2. The van der Waals surface area contributed by atoms with Crippen LogP contribution in [0.25, 0.3) is 0 Å². The SMILES string of the molecule is COC(=O)CCNCCc1ccc(C)cc1. The monoisotopic (exact) mass is 221 g/mol. The number of benzene rings is 1. The Morgan fingerprint density at radius 1 is 1.25 bits per heavy atom. The summed E-state index contributed by atoms with van der Waals surface area (Å²) in [6.45, 7) is 3.65. The molecule has 0 radical (unpaired) electrons. The fourth-order valence-corrected chi connectivity index (χ4v) is 1.40. The van der Waals surface area contributed by atoms with E-state index in [9.17, 15) is 4.79 Å². The third kappa shape index (κ3) is 4.94. The standard InChI is InChI=1S/C13H19NO2/c1-11-3-5-12(6-4-11)7-9-14-10-8-13(15)16-2/h3-6,14H,7-10H2,1-2H3. The predicted octanol–water partition coefficient (Wildman–Crippen LogP) is 1.69. The fraction of sp³-hybridized carbons (Fsp3) is 0.462. The average molecular weight is 221 g/mol. The van der Waals surface area contributed by atoms with Crippen molar-refractivity contribution in [2.75, 3.05) is 20.2 Å². The summed E-state index contributed by atoms with van der Waals surface area (Å²) in [5.41, 5.74) is 2.60. The minimum absolute atomic E-state index is 0.164. The Kier molecular flexibility index (Phi) is 5.57. The predicted molar refractivity (Wildman–Crippen MR) is 64.4 cm³/mol. The van der Waals surface area contributed by atoms with E-state index in [0.717, 1.165) is 13.0 Å². The molecule has 1 aromatic carbocycles. The van der Waals surface area contributed by atoms with Crippen LogP contribution in [0.1, 0.15) is 17.5 Å². The number of nitrogens with one attached hydrogen (secondary N) is 1. The molecule has 0 saturated heterocycles. The second kappa shape index (κ2) is 7.01. The van der Waals surface area contributed by atoms with Gasteiger partial charge in [0.05, 0.1) is 13.5 Å². The summed E-state index contributed by atoms with van der Waals surface area (Å²) in [6.07, 6.45) is 1.42. The molecule has 0 aliphatic rings. The summed E-state index contributed by atoms with van der Waals surface area (Å²) in [5, 5.41) is 3.21. The minimum atomic E-state index is -0.164. The molecule has 0 bridgehead atoms. The molecule has 0 aliphatic carbocycles. The maximum absolute atomic E-state index is 10.8. The molecule has 3 nitrogen and oxygen atoms in total. The van der Waals surface area contributed by atoms with Gasteiger partial charge in [-0.05, 0) is 25.5 Å². The highest BCUT2D eigenvalue weighted by Crippen LogP contribution is 2.02. The summed E-state index contributed by atoms with van der Waals surface area (Å²) in [6, 6.07) is 8.50. The second-order valence-corrected chi connectivity index (χ2v) is 3.81. The zero-order chi connectivity index (χ0) is 11.8. The van der Waals surface area contributed by atoms with Crippen molar-refractivity contribution in [3.63, 3.8) is 0 Å². The highest BCUT2D eigenvalue weighted by Gasteiger charge is 1.98. The van der Waals surface area contributed by atoms with E-state index in [-0.39, 0.29) is 5.97 Å². The molecule has 0 spiro atoms. The van der Waals surface area contributed by atoms with Crippen LogP contribution in [0.2, 0.25) is 0 Å². The Labute approximate surface area is 96.8 Å². The Balaban J connectivity index is 2.11. The first-order valence-electron chi connectivity index (χ1n) is 5.55. The van der Waals surface area contributed by atoms with Crippen molar-refractivity contribution in [1.29, 1.82) is 0 Å². The van der Waals surface area contributed by atoms with Gasteiger partial charge in [0.15, 0.2) is 0 Å². The first-order valence-corrected chi connectivity index (χ1v) is 5.55. The largest absolute Gasteiger partial charge is 0.469 e. The molecular weight excluding hydrogens is 202 g/mol. The van der Waals surface area contributed by atoms with Gasteiger partial charge >= 0.3 is 5.97 Å². The topological polar surface area (TPSA) is 38.3 Å². The number of esters is 1. The van der Waals surface area contributed by atoms with Gasteiger partial charge in [0, 0.05) is 6.54 Å². The molecule has 3 heteroatoms. The smallest absolute Gasteiger partial charge is 0.306 e. The third-order valence-electron chi connectivity index (χ3n) is 2.44. The number of methoxy groups -OCH3 is 1. The normalized spacial score (nSPS) is 10.1. The lowest BCUT2D eigenvalue weighted by Crippen LogP contribution is -2.21. The first-order chi connectivity index (χ1) is 7.72. The van der Waals surface area contributed by atoms with Crippen LogP contribution in [0.4, 0.5) is 0 Å². The van der Waals surface area contributed by atoms with Crippen LogP contribution in [0, 0.1) is 6.92 Å². The number of aryl methyl sites for hydroxylation is 1. The van der Waals surface area contributed by atoms with Crippen molar-refractivity contribution >= 4 is 5.97 Å². The molecule has 1 rings (SSSR count). The summed E-state index contributed by atoms with van der Waals surface area (Å²) < 4.78 is 4.55. The quantitative estimate of drug-likeness (QED) is 0.587. The van der Waals surface area contributed by atoms with Crippen LogP contribution < -0.4 is 5.32 Å². The molecule has 0 saturated carbocycles. The molecule has 0 aliphatic heterocycles. The summed E-state index contributed by atoms with van der Waals surface area (Å²) in [7, 11) is 1.41. The Bertz CT molecular complexity index is 319. The summed E-state index contributed by atoms with van der Waals surface area (Å²) in [4.78, 5) is 10.8. The molecule has 1 aromatic rings. The first kappa shape index (κ1) is 12.7. The van der Waals surface area contributed by atoms with Crippen LogP contribution in [0.15, 0.2) is 24.3 Å². The molecule has 0 atom stereocenters. The fourth-order valence-electron chi connectivity index (χ4n) is 1.40. The Morgan fingerprint density at radius 2 is 1.94 bits per heavy atom. The summed E-state index contributed by atoms with van der Waals surface area (Å²) in [5.74, 6) is -0.164. The number of rotatable bonds is 6.